The third kappa shape index (κ3) is 5.78. The number of amides is 1. The van der Waals surface area contributed by atoms with Gasteiger partial charge >= 0.3 is 0 Å². The van der Waals surface area contributed by atoms with Crippen LogP contribution in [0.4, 0.5) is 5.69 Å². The molecule has 4 aromatic rings. The van der Waals surface area contributed by atoms with Crippen molar-refractivity contribution in [3.63, 3.8) is 0 Å². The lowest BCUT2D eigenvalue weighted by atomic mass is 10.2. The highest BCUT2D eigenvalue weighted by Crippen LogP contribution is 2.31. The number of carbonyl (C=O) groups is 1. The summed E-state index contributed by atoms with van der Waals surface area (Å²) in [5.41, 5.74) is 4.58. The second kappa shape index (κ2) is 10.5. The van der Waals surface area contributed by atoms with Gasteiger partial charge in [0.1, 0.15) is 5.69 Å². The number of hydrogen-bond acceptors (Lipinski definition) is 5. The van der Waals surface area contributed by atoms with E-state index in [2.05, 4.69) is 40.4 Å². The molecule has 32 heavy (non-hydrogen) atoms. The summed E-state index contributed by atoms with van der Waals surface area (Å²) >= 11 is 3.01. The van der Waals surface area contributed by atoms with E-state index >= 15 is 0 Å². The average Bonchev–Trinajstić information content (AvgIpc) is 2.80. The number of aryl methyl sites for hydroxylation is 2. The molecule has 0 aliphatic heterocycles. The molecule has 3 aromatic carbocycles. The fraction of sp³-hybridized carbons (Fsp3) is 0.115. The van der Waals surface area contributed by atoms with E-state index in [1.807, 2.05) is 67.6 Å². The molecule has 0 unspecified atom stereocenters. The summed E-state index contributed by atoms with van der Waals surface area (Å²) in [7, 11) is 0. The summed E-state index contributed by atoms with van der Waals surface area (Å²) in [4.78, 5) is 24.2. The van der Waals surface area contributed by atoms with E-state index in [1.165, 1.54) is 34.7 Å². The van der Waals surface area contributed by atoms with E-state index in [0.717, 1.165) is 26.8 Å². The van der Waals surface area contributed by atoms with Gasteiger partial charge in [-0.2, -0.15) is 0 Å². The first-order valence-corrected chi connectivity index (χ1v) is 12.0. The van der Waals surface area contributed by atoms with Crippen molar-refractivity contribution in [2.24, 2.45) is 0 Å². The summed E-state index contributed by atoms with van der Waals surface area (Å²) in [6.45, 7) is 4.05. The molecular weight excluding hydrogens is 434 g/mol. The fourth-order valence-electron chi connectivity index (χ4n) is 3.12. The van der Waals surface area contributed by atoms with Gasteiger partial charge in [0.2, 0.25) is 0 Å². The molecule has 160 valence electrons. The van der Waals surface area contributed by atoms with Gasteiger partial charge in [0, 0.05) is 22.5 Å². The van der Waals surface area contributed by atoms with Crippen molar-refractivity contribution in [2.45, 2.75) is 34.5 Å². The number of para-hydroxylation sites is 1. The summed E-state index contributed by atoms with van der Waals surface area (Å²) in [5.74, 6) is 0.503. The molecule has 0 radical (unpaired) electrons. The number of anilines is 1. The molecule has 0 fully saturated rings. The topological polar surface area (TPSA) is 54.9 Å². The third-order valence-electron chi connectivity index (χ3n) is 4.76. The van der Waals surface area contributed by atoms with Gasteiger partial charge in [-0.1, -0.05) is 89.8 Å². The van der Waals surface area contributed by atoms with Gasteiger partial charge in [0.15, 0.2) is 5.16 Å². The minimum atomic E-state index is -0.238. The number of aromatic nitrogens is 2. The molecule has 1 N–H and O–H groups in total. The van der Waals surface area contributed by atoms with E-state index in [1.54, 1.807) is 6.20 Å². The van der Waals surface area contributed by atoms with Crippen LogP contribution in [0.2, 0.25) is 0 Å². The Labute approximate surface area is 196 Å². The van der Waals surface area contributed by atoms with Crippen molar-refractivity contribution >= 4 is 35.1 Å². The Balaban J connectivity index is 1.61. The molecular formula is C26H23N3OS2. The Hall–Kier alpha value is -3.09. The van der Waals surface area contributed by atoms with E-state index in [4.69, 9.17) is 0 Å². The molecule has 0 atom stereocenters. The lowest BCUT2D eigenvalue weighted by Gasteiger charge is -2.12. The standard InChI is InChI=1S/C26H23N3OS2/c1-18-9-8-11-20(15-18)17-31-26-27-16-23(32-21-12-4-3-5-13-21)24(29-26)25(30)28-22-14-7-6-10-19(22)2/h3-16H,17H2,1-2H3,(H,28,30). The fourth-order valence-corrected chi connectivity index (χ4v) is 4.77. The lowest BCUT2D eigenvalue weighted by Crippen LogP contribution is -2.16. The van der Waals surface area contributed by atoms with E-state index in [-0.39, 0.29) is 5.91 Å². The molecule has 0 aliphatic rings. The van der Waals surface area contributed by atoms with Crippen LogP contribution >= 0.6 is 23.5 Å². The zero-order valence-corrected chi connectivity index (χ0v) is 19.5. The first-order chi connectivity index (χ1) is 15.6. The number of hydrogen-bond donors (Lipinski definition) is 1. The monoisotopic (exact) mass is 457 g/mol. The maximum Gasteiger partial charge on any atom is 0.275 e. The smallest absolute Gasteiger partial charge is 0.275 e. The quantitative estimate of drug-likeness (QED) is 0.245. The molecule has 1 heterocycles. The van der Waals surface area contributed by atoms with Crippen molar-refractivity contribution in [2.75, 3.05) is 5.32 Å². The van der Waals surface area contributed by atoms with Crippen LogP contribution in [0.25, 0.3) is 0 Å². The Kier molecular flexibility index (Phi) is 7.24. The predicted molar refractivity (Wildman–Crippen MR) is 132 cm³/mol. The maximum atomic E-state index is 13.2. The van der Waals surface area contributed by atoms with Crippen molar-refractivity contribution in [3.05, 3.63) is 107 Å². The first kappa shape index (κ1) is 22.1. The van der Waals surface area contributed by atoms with Gasteiger partial charge in [-0.25, -0.2) is 9.97 Å². The van der Waals surface area contributed by atoms with Crippen LogP contribution in [0.5, 0.6) is 0 Å². The molecule has 1 aromatic heterocycles. The second-order valence-corrected chi connectivity index (χ2v) is 9.39. The van der Waals surface area contributed by atoms with E-state index in [9.17, 15) is 4.79 Å². The molecule has 4 nitrogen and oxygen atoms in total. The highest BCUT2D eigenvalue weighted by Gasteiger charge is 2.18. The van der Waals surface area contributed by atoms with Gasteiger partial charge in [-0.05, 0) is 43.2 Å². The summed E-state index contributed by atoms with van der Waals surface area (Å²) in [6.07, 6.45) is 1.75. The maximum absolute atomic E-state index is 13.2. The summed E-state index contributed by atoms with van der Waals surface area (Å²) < 4.78 is 0. The number of nitrogens with one attached hydrogen (secondary N) is 1. The van der Waals surface area contributed by atoms with Crippen LogP contribution in [0.15, 0.2) is 100 Å². The minimum Gasteiger partial charge on any atom is -0.320 e. The van der Waals surface area contributed by atoms with Crippen molar-refractivity contribution in [3.8, 4) is 0 Å². The lowest BCUT2D eigenvalue weighted by molar-refractivity contribution is 0.101. The van der Waals surface area contributed by atoms with Gasteiger partial charge in [-0.15, -0.1) is 0 Å². The minimum absolute atomic E-state index is 0.238. The number of carbonyl (C=O) groups excluding carboxylic acids is 1. The second-order valence-electron chi connectivity index (χ2n) is 7.33. The molecule has 6 heteroatoms. The molecule has 0 saturated heterocycles. The zero-order chi connectivity index (χ0) is 22.3. The summed E-state index contributed by atoms with van der Waals surface area (Å²) in [5, 5.41) is 3.59. The molecule has 0 spiro atoms. The zero-order valence-electron chi connectivity index (χ0n) is 17.9. The Morgan fingerprint density at radius 1 is 0.938 bits per heavy atom. The van der Waals surface area contributed by atoms with Crippen LogP contribution in [0.1, 0.15) is 27.2 Å². The summed E-state index contributed by atoms with van der Waals surface area (Å²) in [6, 6.07) is 26.0. The Bertz CT molecular complexity index is 1230. The highest BCUT2D eigenvalue weighted by atomic mass is 32.2. The van der Waals surface area contributed by atoms with Gasteiger partial charge in [0.25, 0.3) is 5.91 Å². The van der Waals surface area contributed by atoms with Crippen molar-refractivity contribution in [1.29, 1.82) is 0 Å². The molecule has 0 saturated carbocycles. The van der Waals surface area contributed by atoms with Gasteiger partial charge < -0.3 is 5.32 Å². The predicted octanol–water partition coefficient (Wildman–Crippen LogP) is 6.79. The van der Waals surface area contributed by atoms with Gasteiger partial charge in [-0.3, -0.25) is 4.79 Å². The number of rotatable bonds is 7. The molecule has 0 aliphatic carbocycles. The first-order valence-electron chi connectivity index (χ1n) is 10.2. The SMILES string of the molecule is Cc1cccc(CSc2ncc(Sc3ccccc3)c(C(=O)Nc3ccccc3C)n2)c1. The van der Waals surface area contributed by atoms with Crippen LogP contribution in [0.3, 0.4) is 0 Å². The molecule has 0 bridgehead atoms. The number of thioether (sulfide) groups is 1. The van der Waals surface area contributed by atoms with Crippen LogP contribution in [0, 0.1) is 13.8 Å². The molecule has 4 rings (SSSR count). The van der Waals surface area contributed by atoms with Crippen molar-refractivity contribution in [1.82, 2.24) is 9.97 Å². The van der Waals surface area contributed by atoms with Gasteiger partial charge in [0.05, 0.1) is 4.90 Å². The van der Waals surface area contributed by atoms with Crippen LogP contribution < -0.4 is 5.32 Å². The number of benzene rings is 3. The van der Waals surface area contributed by atoms with Crippen LogP contribution in [-0.4, -0.2) is 15.9 Å². The van der Waals surface area contributed by atoms with Crippen LogP contribution in [-0.2, 0) is 5.75 Å². The molecule has 1 amide bonds. The van der Waals surface area contributed by atoms with Crippen molar-refractivity contribution < 1.29 is 4.79 Å². The normalized spacial score (nSPS) is 10.7. The Morgan fingerprint density at radius 3 is 2.50 bits per heavy atom. The number of nitrogens with zero attached hydrogens (tertiary/aromatic N) is 2. The largest absolute Gasteiger partial charge is 0.320 e. The Morgan fingerprint density at radius 2 is 1.72 bits per heavy atom. The van der Waals surface area contributed by atoms with E-state index in [0.29, 0.717) is 10.9 Å². The third-order valence-corrected chi connectivity index (χ3v) is 6.72. The average molecular weight is 458 g/mol. The van der Waals surface area contributed by atoms with E-state index < -0.39 is 0 Å². The highest BCUT2D eigenvalue weighted by molar-refractivity contribution is 7.99.